The molecule has 0 amide bonds. The van der Waals surface area contributed by atoms with E-state index in [0.717, 1.165) is 21.0 Å². The summed E-state index contributed by atoms with van der Waals surface area (Å²) in [5, 5.41) is 0. The van der Waals surface area contributed by atoms with Crippen LogP contribution < -0.4 is 5.73 Å². The molecule has 1 unspecified atom stereocenters. The fraction of sp³-hybridized carbons (Fsp3) is 0.143. The smallest absolute Gasteiger partial charge is 0.140 e. The quantitative estimate of drug-likeness (QED) is 0.857. The highest BCUT2D eigenvalue weighted by atomic mass is 79.9. The summed E-state index contributed by atoms with van der Waals surface area (Å²) in [4.78, 5) is 1.25. The van der Waals surface area contributed by atoms with Crippen LogP contribution in [0.3, 0.4) is 0 Å². The first kappa shape index (κ1) is 14.5. The van der Waals surface area contributed by atoms with E-state index < -0.39 is 11.6 Å². The van der Waals surface area contributed by atoms with Crippen molar-refractivity contribution < 1.29 is 8.78 Å². The molecule has 2 N–H and O–H groups in total. The second kappa shape index (κ2) is 6.03. The van der Waals surface area contributed by atoms with E-state index in [9.17, 15) is 8.78 Å². The molecular formula is C14H12BrF2NS. The summed E-state index contributed by atoms with van der Waals surface area (Å²) < 4.78 is 27.3. The molecule has 19 heavy (non-hydrogen) atoms. The van der Waals surface area contributed by atoms with E-state index in [1.807, 2.05) is 25.1 Å². The Kier molecular flexibility index (Phi) is 4.60. The molecule has 0 bridgehead atoms. The Morgan fingerprint density at radius 2 is 1.89 bits per heavy atom. The van der Waals surface area contributed by atoms with Crippen LogP contribution in [0, 0.1) is 11.6 Å². The van der Waals surface area contributed by atoms with Crippen LogP contribution in [0.2, 0.25) is 0 Å². The van der Waals surface area contributed by atoms with Gasteiger partial charge >= 0.3 is 0 Å². The summed E-state index contributed by atoms with van der Waals surface area (Å²) in [5.41, 5.74) is 6.81. The van der Waals surface area contributed by atoms with Gasteiger partial charge < -0.3 is 5.73 Å². The molecule has 100 valence electrons. The minimum Gasteiger partial charge on any atom is -0.324 e. The third-order valence-corrected chi connectivity index (χ3v) is 4.31. The van der Waals surface area contributed by atoms with Gasteiger partial charge in [-0.2, -0.15) is 0 Å². The second-order valence-corrected chi connectivity index (χ2v) is 6.12. The van der Waals surface area contributed by atoms with Crippen LogP contribution >= 0.6 is 27.7 Å². The predicted octanol–water partition coefficient (Wildman–Crippen LogP) is 4.90. The molecule has 0 aliphatic heterocycles. The molecule has 1 atom stereocenters. The van der Waals surface area contributed by atoms with Gasteiger partial charge in [0.05, 0.1) is 0 Å². The Labute approximate surface area is 123 Å². The van der Waals surface area contributed by atoms with E-state index in [-0.39, 0.29) is 6.04 Å². The highest BCUT2D eigenvalue weighted by Crippen LogP contribution is 2.33. The molecule has 0 aliphatic rings. The molecule has 2 rings (SSSR count). The van der Waals surface area contributed by atoms with E-state index in [0.29, 0.717) is 4.90 Å². The third-order valence-electron chi connectivity index (χ3n) is 2.58. The molecule has 0 saturated carbocycles. The highest BCUT2D eigenvalue weighted by Gasteiger charge is 2.09. The van der Waals surface area contributed by atoms with Crippen molar-refractivity contribution in [2.45, 2.75) is 22.8 Å². The van der Waals surface area contributed by atoms with Crippen molar-refractivity contribution in [3.05, 3.63) is 58.1 Å². The maximum atomic E-state index is 13.6. The number of nitrogens with two attached hydrogens (primary N) is 1. The lowest BCUT2D eigenvalue weighted by molar-refractivity contribution is 0.565. The zero-order valence-electron chi connectivity index (χ0n) is 10.2. The number of halogens is 3. The monoisotopic (exact) mass is 343 g/mol. The van der Waals surface area contributed by atoms with Gasteiger partial charge in [-0.25, -0.2) is 8.78 Å². The average molecular weight is 344 g/mol. The molecular weight excluding hydrogens is 332 g/mol. The van der Waals surface area contributed by atoms with Crippen molar-refractivity contribution in [1.29, 1.82) is 0 Å². The fourth-order valence-electron chi connectivity index (χ4n) is 1.63. The maximum Gasteiger partial charge on any atom is 0.140 e. The molecule has 5 heteroatoms. The molecule has 0 heterocycles. The van der Waals surface area contributed by atoms with Gasteiger partial charge in [0.1, 0.15) is 11.6 Å². The number of hydrogen-bond donors (Lipinski definition) is 1. The molecule has 0 radical (unpaired) electrons. The van der Waals surface area contributed by atoms with Crippen LogP contribution in [0.15, 0.2) is 50.7 Å². The Morgan fingerprint density at radius 1 is 1.16 bits per heavy atom. The summed E-state index contributed by atoms with van der Waals surface area (Å²) in [5.74, 6) is -1.13. The topological polar surface area (TPSA) is 26.0 Å². The van der Waals surface area contributed by atoms with Crippen LogP contribution in [-0.4, -0.2) is 0 Å². The SMILES string of the molecule is CC(N)c1ccc(Sc2ccc(F)cc2F)cc1Br. The lowest BCUT2D eigenvalue weighted by Gasteiger charge is -2.10. The predicted molar refractivity (Wildman–Crippen MR) is 77.2 cm³/mol. The van der Waals surface area contributed by atoms with E-state index in [1.165, 1.54) is 23.9 Å². The zero-order chi connectivity index (χ0) is 14.0. The first-order valence-electron chi connectivity index (χ1n) is 5.65. The summed E-state index contributed by atoms with van der Waals surface area (Å²) in [7, 11) is 0. The second-order valence-electron chi connectivity index (χ2n) is 4.15. The first-order valence-corrected chi connectivity index (χ1v) is 7.26. The van der Waals surface area contributed by atoms with Crippen molar-refractivity contribution >= 4 is 27.7 Å². The van der Waals surface area contributed by atoms with E-state index >= 15 is 0 Å². The van der Waals surface area contributed by atoms with Crippen LogP contribution in [0.4, 0.5) is 8.78 Å². The van der Waals surface area contributed by atoms with Gasteiger partial charge in [0.15, 0.2) is 0 Å². The Balaban J connectivity index is 2.26. The number of benzene rings is 2. The molecule has 2 aromatic rings. The van der Waals surface area contributed by atoms with E-state index in [2.05, 4.69) is 15.9 Å². The van der Waals surface area contributed by atoms with Gasteiger partial charge in [-0.15, -0.1) is 0 Å². The number of rotatable bonds is 3. The van der Waals surface area contributed by atoms with Gasteiger partial charge in [0.25, 0.3) is 0 Å². The normalized spacial score (nSPS) is 12.5. The van der Waals surface area contributed by atoms with Gasteiger partial charge in [-0.1, -0.05) is 33.8 Å². The highest BCUT2D eigenvalue weighted by molar-refractivity contribution is 9.10. The lowest BCUT2D eigenvalue weighted by atomic mass is 10.1. The van der Waals surface area contributed by atoms with Crippen molar-refractivity contribution in [1.82, 2.24) is 0 Å². The number of hydrogen-bond acceptors (Lipinski definition) is 2. The van der Waals surface area contributed by atoms with Crippen LogP contribution in [0.25, 0.3) is 0 Å². The maximum absolute atomic E-state index is 13.6. The van der Waals surface area contributed by atoms with Crippen LogP contribution in [0.5, 0.6) is 0 Å². The molecule has 0 aliphatic carbocycles. The van der Waals surface area contributed by atoms with Crippen molar-refractivity contribution in [2.75, 3.05) is 0 Å². The summed E-state index contributed by atoms with van der Waals surface area (Å²) in [6.45, 7) is 1.90. The lowest BCUT2D eigenvalue weighted by Crippen LogP contribution is -2.05. The van der Waals surface area contributed by atoms with Gasteiger partial charge in [0, 0.05) is 26.4 Å². The zero-order valence-corrected chi connectivity index (χ0v) is 12.6. The van der Waals surface area contributed by atoms with E-state index in [1.54, 1.807) is 0 Å². The standard InChI is InChI=1S/C14H12BrF2NS/c1-8(18)11-4-3-10(7-12(11)15)19-14-5-2-9(16)6-13(14)17/h2-8H,18H2,1H3. The van der Waals surface area contributed by atoms with Crippen molar-refractivity contribution in [2.24, 2.45) is 5.73 Å². The Bertz CT molecular complexity index is 602. The largest absolute Gasteiger partial charge is 0.324 e. The molecule has 0 spiro atoms. The Morgan fingerprint density at radius 3 is 2.47 bits per heavy atom. The van der Waals surface area contributed by atoms with E-state index in [4.69, 9.17) is 5.73 Å². The summed E-state index contributed by atoms with van der Waals surface area (Å²) in [6.07, 6.45) is 0. The molecule has 0 fully saturated rings. The summed E-state index contributed by atoms with van der Waals surface area (Å²) in [6, 6.07) is 9.14. The molecule has 0 aromatic heterocycles. The average Bonchev–Trinajstić information content (AvgIpc) is 2.32. The minimum absolute atomic E-state index is 0.0732. The summed E-state index contributed by atoms with van der Waals surface area (Å²) >= 11 is 4.69. The molecule has 2 aromatic carbocycles. The Hall–Kier alpha value is -0.910. The van der Waals surface area contributed by atoms with Gasteiger partial charge in [-0.05, 0) is 36.8 Å². The van der Waals surface area contributed by atoms with Gasteiger partial charge in [0.2, 0.25) is 0 Å². The molecule has 1 nitrogen and oxygen atoms in total. The fourth-order valence-corrected chi connectivity index (χ4v) is 3.38. The van der Waals surface area contributed by atoms with Crippen molar-refractivity contribution in [3.8, 4) is 0 Å². The molecule has 0 saturated heterocycles. The van der Waals surface area contributed by atoms with Crippen LogP contribution in [-0.2, 0) is 0 Å². The van der Waals surface area contributed by atoms with Gasteiger partial charge in [-0.3, -0.25) is 0 Å². The minimum atomic E-state index is -0.574. The first-order chi connectivity index (χ1) is 8.97. The van der Waals surface area contributed by atoms with Crippen LogP contribution in [0.1, 0.15) is 18.5 Å². The third kappa shape index (κ3) is 3.55. The van der Waals surface area contributed by atoms with Crippen molar-refractivity contribution in [3.63, 3.8) is 0 Å².